The molecule has 0 aliphatic rings. The van der Waals surface area contributed by atoms with E-state index in [0.717, 1.165) is 11.3 Å². The van der Waals surface area contributed by atoms with Crippen LogP contribution in [0.1, 0.15) is 18.1 Å². The van der Waals surface area contributed by atoms with Gasteiger partial charge in [0, 0.05) is 10.7 Å². The van der Waals surface area contributed by atoms with Gasteiger partial charge in [-0.25, -0.2) is 0 Å². The van der Waals surface area contributed by atoms with E-state index in [0.29, 0.717) is 5.02 Å². The van der Waals surface area contributed by atoms with E-state index in [-0.39, 0.29) is 6.61 Å². The molecule has 2 N–H and O–H groups in total. The molecule has 2 rings (SSSR count). The van der Waals surface area contributed by atoms with Crippen molar-refractivity contribution in [2.24, 2.45) is 0 Å². The number of aliphatic hydroxyl groups is 1. The van der Waals surface area contributed by atoms with E-state index in [1.807, 2.05) is 56.3 Å². The lowest BCUT2D eigenvalue weighted by molar-refractivity contribution is 0.224. The van der Waals surface area contributed by atoms with Crippen LogP contribution in [-0.2, 0) is 5.54 Å². The van der Waals surface area contributed by atoms with Crippen molar-refractivity contribution in [1.82, 2.24) is 0 Å². The number of benzene rings is 2. The van der Waals surface area contributed by atoms with Gasteiger partial charge in [-0.3, -0.25) is 0 Å². The summed E-state index contributed by atoms with van der Waals surface area (Å²) in [6, 6.07) is 15.6. The standard InChI is InChI=1S/C16H18ClNO/c1-12-5-3-8-15(9-12)18-16(2,11-19)13-6-4-7-14(17)10-13/h3-10,18-19H,11H2,1-2H3. The fraction of sp³-hybridized carbons (Fsp3) is 0.250. The first-order chi connectivity index (χ1) is 9.03. The number of halogens is 1. The van der Waals surface area contributed by atoms with Gasteiger partial charge in [-0.2, -0.15) is 0 Å². The Morgan fingerprint density at radius 2 is 1.89 bits per heavy atom. The smallest absolute Gasteiger partial charge is 0.0828 e. The number of nitrogens with one attached hydrogen (secondary N) is 1. The first-order valence-corrected chi connectivity index (χ1v) is 6.63. The van der Waals surface area contributed by atoms with Crippen LogP contribution in [0.2, 0.25) is 5.02 Å². The summed E-state index contributed by atoms with van der Waals surface area (Å²) in [5, 5.41) is 13.8. The van der Waals surface area contributed by atoms with Gasteiger partial charge in [-0.1, -0.05) is 35.9 Å². The molecule has 0 aliphatic carbocycles. The molecule has 0 radical (unpaired) electrons. The van der Waals surface area contributed by atoms with Crippen LogP contribution in [0.25, 0.3) is 0 Å². The molecule has 100 valence electrons. The predicted octanol–water partition coefficient (Wildman–Crippen LogP) is 3.97. The zero-order chi connectivity index (χ0) is 13.9. The number of aliphatic hydroxyl groups excluding tert-OH is 1. The molecule has 0 spiro atoms. The van der Waals surface area contributed by atoms with E-state index in [1.54, 1.807) is 0 Å². The van der Waals surface area contributed by atoms with Crippen molar-refractivity contribution < 1.29 is 5.11 Å². The monoisotopic (exact) mass is 275 g/mol. The van der Waals surface area contributed by atoms with E-state index < -0.39 is 5.54 Å². The second-order valence-corrected chi connectivity index (χ2v) is 5.43. The zero-order valence-electron chi connectivity index (χ0n) is 11.2. The van der Waals surface area contributed by atoms with Gasteiger partial charge in [-0.05, 0) is 49.2 Å². The Morgan fingerprint density at radius 3 is 2.53 bits per heavy atom. The van der Waals surface area contributed by atoms with Gasteiger partial charge in [0.25, 0.3) is 0 Å². The molecule has 0 saturated heterocycles. The van der Waals surface area contributed by atoms with Gasteiger partial charge < -0.3 is 10.4 Å². The molecule has 0 bridgehead atoms. The number of hydrogen-bond donors (Lipinski definition) is 2. The van der Waals surface area contributed by atoms with Crippen molar-refractivity contribution in [1.29, 1.82) is 0 Å². The molecule has 19 heavy (non-hydrogen) atoms. The Balaban J connectivity index is 2.32. The van der Waals surface area contributed by atoms with Crippen LogP contribution in [0.4, 0.5) is 5.69 Å². The zero-order valence-corrected chi connectivity index (χ0v) is 11.9. The minimum Gasteiger partial charge on any atom is -0.394 e. The quantitative estimate of drug-likeness (QED) is 0.885. The molecule has 0 aliphatic heterocycles. The Bertz CT molecular complexity index is 570. The second kappa shape index (κ2) is 5.64. The Morgan fingerprint density at radius 1 is 1.16 bits per heavy atom. The largest absolute Gasteiger partial charge is 0.394 e. The van der Waals surface area contributed by atoms with Gasteiger partial charge >= 0.3 is 0 Å². The van der Waals surface area contributed by atoms with Crippen molar-refractivity contribution in [3.8, 4) is 0 Å². The van der Waals surface area contributed by atoms with Crippen LogP contribution in [0, 0.1) is 6.92 Å². The van der Waals surface area contributed by atoms with Crippen molar-refractivity contribution >= 4 is 17.3 Å². The van der Waals surface area contributed by atoms with Gasteiger partial charge in [-0.15, -0.1) is 0 Å². The molecule has 2 aromatic carbocycles. The number of anilines is 1. The fourth-order valence-electron chi connectivity index (χ4n) is 2.08. The topological polar surface area (TPSA) is 32.3 Å². The molecular formula is C16H18ClNO. The predicted molar refractivity (Wildman–Crippen MR) is 80.7 cm³/mol. The van der Waals surface area contributed by atoms with Crippen molar-refractivity contribution in [3.05, 3.63) is 64.7 Å². The Hall–Kier alpha value is -1.51. The van der Waals surface area contributed by atoms with Gasteiger partial charge in [0.05, 0.1) is 12.1 Å². The Labute approximate surface area is 119 Å². The summed E-state index contributed by atoms with van der Waals surface area (Å²) in [4.78, 5) is 0. The van der Waals surface area contributed by atoms with Crippen LogP contribution in [0.5, 0.6) is 0 Å². The fourth-order valence-corrected chi connectivity index (χ4v) is 2.27. The van der Waals surface area contributed by atoms with E-state index in [1.165, 1.54) is 5.56 Å². The third kappa shape index (κ3) is 3.28. The molecule has 0 amide bonds. The molecular weight excluding hydrogens is 258 g/mol. The molecule has 0 saturated carbocycles. The Kier molecular flexibility index (Phi) is 4.13. The summed E-state index contributed by atoms with van der Waals surface area (Å²) < 4.78 is 0. The van der Waals surface area contributed by atoms with E-state index in [9.17, 15) is 5.11 Å². The third-order valence-corrected chi connectivity index (χ3v) is 3.45. The summed E-state index contributed by atoms with van der Waals surface area (Å²) in [6.07, 6.45) is 0. The molecule has 0 heterocycles. The lowest BCUT2D eigenvalue weighted by atomic mass is 9.92. The minimum absolute atomic E-state index is 0.0126. The van der Waals surface area contributed by atoms with Crippen LogP contribution in [0.3, 0.4) is 0 Å². The maximum atomic E-state index is 9.75. The van der Waals surface area contributed by atoms with E-state index in [2.05, 4.69) is 11.4 Å². The molecule has 2 nitrogen and oxygen atoms in total. The summed E-state index contributed by atoms with van der Waals surface area (Å²) in [7, 11) is 0. The maximum absolute atomic E-state index is 9.75. The maximum Gasteiger partial charge on any atom is 0.0828 e. The highest BCUT2D eigenvalue weighted by molar-refractivity contribution is 6.30. The second-order valence-electron chi connectivity index (χ2n) is 5.00. The average molecular weight is 276 g/mol. The summed E-state index contributed by atoms with van der Waals surface area (Å²) in [6.45, 7) is 3.99. The average Bonchev–Trinajstić information content (AvgIpc) is 2.38. The number of rotatable bonds is 4. The van der Waals surface area contributed by atoms with E-state index in [4.69, 9.17) is 11.6 Å². The lowest BCUT2D eigenvalue weighted by Crippen LogP contribution is -2.35. The molecule has 1 unspecified atom stereocenters. The molecule has 0 aromatic heterocycles. The molecule has 1 atom stereocenters. The first-order valence-electron chi connectivity index (χ1n) is 6.25. The van der Waals surface area contributed by atoms with Gasteiger partial charge in [0.1, 0.15) is 0 Å². The highest BCUT2D eigenvalue weighted by atomic mass is 35.5. The van der Waals surface area contributed by atoms with E-state index >= 15 is 0 Å². The lowest BCUT2D eigenvalue weighted by Gasteiger charge is -2.31. The number of hydrogen-bond acceptors (Lipinski definition) is 2. The minimum atomic E-state index is -0.557. The number of aryl methyl sites for hydroxylation is 1. The molecule has 0 fully saturated rings. The van der Waals surface area contributed by atoms with Crippen LogP contribution in [0.15, 0.2) is 48.5 Å². The normalized spacial score (nSPS) is 13.9. The van der Waals surface area contributed by atoms with Crippen molar-refractivity contribution in [2.75, 3.05) is 11.9 Å². The first kappa shape index (κ1) is 13.9. The summed E-state index contributed by atoms with van der Waals surface area (Å²) in [5.41, 5.74) is 2.57. The molecule has 2 aromatic rings. The highest BCUT2D eigenvalue weighted by Gasteiger charge is 2.25. The van der Waals surface area contributed by atoms with Crippen LogP contribution < -0.4 is 5.32 Å². The molecule has 3 heteroatoms. The van der Waals surface area contributed by atoms with Crippen molar-refractivity contribution in [2.45, 2.75) is 19.4 Å². The van der Waals surface area contributed by atoms with Crippen LogP contribution in [-0.4, -0.2) is 11.7 Å². The SMILES string of the molecule is Cc1cccc(NC(C)(CO)c2cccc(Cl)c2)c1. The summed E-state index contributed by atoms with van der Waals surface area (Å²) >= 11 is 6.03. The third-order valence-electron chi connectivity index (χ3n) is 3.22. The van der Waals surface area contributed by atoms with Gasteiger partial charge in [0.15, 0.2) is 0 Å². The van der Waals surface area contributed by atoms with Gasteiger partial charge in [0.2, 0.25) is 0 Å². The van der Waals surface area contributed by atoms with Crippen molar-refractivity contribution in [3.63, 3.8) is 0 Å². The highest BCUT2D eigenvalue weighted by Crippen LogP contribution is 2.27. The summed E-state index contributed by atoms with van der Waals surface area (Å²) in [5.74, 6) is 0. The van der Waals surface area contributed by atoms with Crippen LogP contribution >= 0.6 is 11.6 Å².